The van der Waals surface area contributed by atoms with Gasteiger partial charge in [-0.3, -0.25) is 29.8 Å². The van der Waals surface area contributed by atoms with E-state index < -0.39 is 48.5 Å². The molecule has 0 unspecified atom stereocenters. The fourth-order valence-corrected chi connectivity index (χ4v) is 4.14. The van der Waals surface area contributed by atoms with Gasteiger partial charge in [-0.15, -0.1) is 5.10 Å². The second kappa shape index (κ2) is 11.5. The number of hydrogen-bond donors (Lipinski definition) is 3. The Morgan fingerprint density at radius 3 is 2.85 bits per heavy atom. The van der Waals surface area contributed by atoms with Crippen LogP contribution in [-0.2, 0) is 30.4 Å². The number of ether oxygens (including phenoxy) is 2. The summed E-state index contributed by atoms with van der Waals surface area (Å²) in [5.41, 5.74) is 10.3. The van der Waals surface area contributed by atoms with Crippen molar-refractivity contribution in [3.63, 3.8) is 0 Å². The number of esters is 1. The van der Waals surface area contributed by atoms with Crippen molar-refractivity contribution in [2.45, 2.75) is 31.2 Å². The maximum Gasteiger partial charge on any atom is 0.414 e. The number of aromatic nitrogens is 4. The summed E-state index contributed by atoms with van der Waals surface area (Å²) in [6.07, 6.45) is 4.12. The molecule has 0 bridgehead atoms. The number of carbonyl (C=O) groups is 3. The number of nitrogens with two attached hydrogens (primary N) is 1. The van der Waals surface area contributed by atoms with Gasteiger partial charge in [0.1, 0.15) is 30.7 Å². The molecule has 3 atom stereocenters. The Morgan fingerprint density at radius 2 is 2.15 bits per heavy atom. The van der Waals surface area contributed by atoms with E-state index in [9.17, 15) is 14.4 Å². The molecule has 0 saturated carbocycles. The normalized spacial score (nSPS) is 19.1. The predicted molar refractivity (Wildman–Crippen MR) is 134 cm³/mol. The van der Waals surface area contributed by atoms with E-state index >= 15 is 4.39 Å². The number of nitrogens with zero attached hydrogens (tertiary/aromatic N) is 5. The van der Waals surface area contributed by atoms with E-state index in [1.807, 2.05) is 0 Å². The maximum atomic E-state index is 15.1. The summed E-state index contributed by atoms with van der Waals surface area (Å²) < 4.78 is 27.0. The van der Waals surface area contributed by atoms with E-state index in [4.69, 9.17) is 25.2 Å². The van der Waals surface area contributed by atoms with E-state index in [0.717, 1.165) is 0 Å². The Morgan fingerprint density at radius 1 is 1.30 bits per heavy atom. The Hall–Kier alpha value is -4.89. The Bertz CT molecular complexity index is 1430. The lowest BCUT2D eigenvalue weighted by atomic mass is 10.1. The highest BCUT2D eigenvalue weighted by molar-refractivity contribution is 5.90. The minimum Gasteiger partial charge on any atom is -0.481 e. The summed E-state index contributed by atoms with van der Waals surface area (Å²) in [7, 11) is 0. The van der Waals surface area contributed by atoms with Crippen molar-refractivity contribution in [2.24, 2.45) is 5.73 Å². The molecule has 1 amide bonds. The fourth-order valence-electron chi connectivity index (χ4n) is 4.14. The van der Waals surface area contributed by atoms with E-state index in [1.165, 1.54) is 23.4 Å². The lowest BCUT2D eigenvalue weighted by molar-refractivity contribution is -0.152. The Balaban J connectivity index is 1.20. The van der Waals surface area contributed by atoms with Gasteiger partial charge in [0, 0.05) is 23.5 Å². The number of cyclic esters (lactones) is 1. The van der Waals surface area contributed by atoms with Gasteiger partial charge >= 0.3 is 18.0 Å². The number of amides is 1. The Labute approximate surface area is 226 Å². The zero-order valence-electron chi connectivity index (χ0n) is 20.8. The number of pyridine rings is 1. The van der Waals surface area contributed by atoms with Crippen LogP contribution in [-0.4, -0.2) is 74.5 Å². The van der Waals surface area contributed by atoms with Crippen molar-refractivity contribution in [1.29, 1.82) is 0 Å². The lowest BCUT2D eigenvalue weighted by Crippen LogP contribution is -2.36. The van der Waals surface area contributed by atoms with Crippen LogP contribution in [0.1, 0.15) is 12.1 Å². The number of nitrogens with one attached hydrogen (secondary N) is 1. The number of carbonyl (C=O) groups excluding carboxylic acids is 2. The van der Waals surface area contributed by atoms with E-state index in [1.54, 1.807) is 41.2 Å². The minimum absolute atomic E-state index is 0.177. The molecule has 0 radical (unpaired) electrons. The van der Waals surface area contributed by atoms with Gasteiger partial charge in [0.05, 0.1) is 42.8 Å². The largest absolute Gasteiger partial charge is 0.481 e. The number of carboxylic acid groups (broad SMARTS) is 1. The highest BCUT2D eigenvalue weighted by Crippen LogP contribution is 2.30. The molecule has 4 heterocycles. The van der Waals surface area contributed by atoms with Crippen molar-refractivity contribution >= 4 is 29.4 Å². The molecule has 1 fully saturated rings. The van der Waals surface area contributed by atoms with Crippen molar-refractivity contribution < 1.29 is 38.2 Å². The third kappa shape index (κ3) is 6.05. The molecule has 1 saturated heterocycles. The zero-order chi connectivity index (χ0) is 28.2. The fraction of sp³-hybridized carbons (Fsp3) is 0.280. The van der Waals surface area contributed by atoms with Crippen LogP contribution in [0.3, 0.4) is 0 Å². The van der Waals surface area contributed by atoms with Crippen LogP contribution in [0.2, 0.25) is 0 Å². The van der Waals surface area contributed by atoms with Crippen LogP contribution >= 0.6 is 0 Å². The maximum absolute atomic E-state index is 15.1. The number of carboxylic acids is 1. The molecule has 2 aromatic heterocycles. The standard InChI is InChI=1S/C25H24FN7O7/c26-19-7-15(33-12-17(39-25(33)37)11-32-6-5-29-31-32)2-3-18(19)14-1-4-21(28-10-14)22-8-16(40-30-22)13-38-24(36)20(27)9-23(34)35/h1-8,10,16-17,20,30H,9,11-13,27H2,(H,34,35)/t16-,17-,20-/m0/s1. The molecule has 15 heteroatoms. The van der Waals surface area contributed by atoms with Gasteiger partial charge in [0.2, 0.25) is 0 Å². The number of aliphatic carboxylic acids is 1. The first-order valence-corrected chi connectivity index (χ1v) is 12.1. The minimum atomic E-state index is -1.27. The van der Waals surface area contributed by atoms with Crippen molar-refractivity contribution in [3.8, 4) is 11.1 Å². The van der Waals surface area contributed by atoms with Crippen LogP contribution in [0.15, 0.2) is 55.0 Å². The third-order valence-electron chi connectivity index (χ3n) is 6.11. The predicted octanol–water partition coefficient (Wildman–Crippen LogP) is 1.09. The SMILES string of the molecule is N[C@@H](CC(=O)O)C(=O)OC[C@@H]1C=C(c2ccc(-c3ccc(N4C[C@H](Cn5ccnn5)OC4=O)cc3F)cn2)NO1. The molecule has 0 spiro atoms. The quantitative estimate of drug-likeness (QED) is 0.304. The van der Waals surface area contributed by atoms with E-state index in [-0.39, 0.29) is 13.2 Å². The third-order valence-corrected chi connectivity index (χ3v) is 6.11. The summed E-state index contributed by atoms with van der Waals surface area (Å²) in [5, 5.41) is 16.3. The summed E-state index contributed by atoms with van der Waals surface area (Å²) >= 11 is 0. The number of hydroxylamine groups is 1. The molecule has 2 aliphatic rings. The average molecular weight is 554 g/mol. The molecule has 4 N–H and O–H groups in total. The van der Waals surface area contributed by atoms with Crippen molar-refractivity contribution in [2.75, 3.05) is 18.1 Å². The van der Waals surface area contributed by atoms with Crippen LogP contribution in [0.5, 0.6) is 0 Å². The van der Waals surface area contributed by atoms with Gasteiger partial charge in [-0.05, 0) is 30.3 Å². The average Bonchev–Trinajstić information content (AvgIpc) is 3.69. The zero-order valence-corrected chi connectivity index (χ0v) is 20.8. The number of benzene rings is 1. The van der Waals surface area contributed by atoms with Crippen LogP contribution in [0.4, 0.5) is 14.9 Å². The summed E-state index contributed by atoms with van der Waals surface area (Å²) in [6, 6.07) is 6.54. The van der Waals surface area contributed by atoms with Gasteiger partial charge in [-0.2, -0.15) is 0 Å². The molecule has 3 aromatic rings. The molecule has 40 heavy (non-hydrogen) atoms. The second-order valence-electron chi connectivity index (χ2n) is 9.01. The molecule has 1 aromatic carbocycles. The second-order valence-corrected chi connectivity index (χ2v) is 9.01. The smallest absolute Gasteiger partial charge is 0.414 e. The van der Waals surface area contributed by atoms with Gasteiger partial charge < -0.3 is 20.3 Å². The molecule has 5 rings (SSSR count). The van der Waals surface area contributed by atoms with Gasteiger partial charge in [0.25, 0.3) is 0 Å². The molecule has 0 aliphatic carbocycles. The van der Waals surface area contributed by atoms with E-state index in [0.29, 0.717) is 34.8 Å². The molecule has 2 aliphatic heterocycles. The monoisotopic (exact) mass is 553 g/mol. The molecule has 208 valence electrons. The molecular weight excluding hydrogens is 529 g/mol. The van der Waals surface area contributed by atoms with Crippen molar-refractivity contribution in [1.82, 2.24) is 25.5 Å². The van der Waals surface area contributed by atoms with Crippen molar-refractivity contribution in [3.05, 3.63) is 66.5 Å². The van der Waals surface area contributed by atoms with E-state index in [2.05, 4.69) is 20.8 Å². The van der Waals surface area contributed by atoms with Crippen LogP contribution in [0.25, 0.3) is 16.8 Å². The highest BCUT2D eigenvalue weighted by atomic mass is 19.1. The molecular formula is C25H24FN7O7. The first-order valence-electron chi connectivity index (χ1n) is 12.1. The topological polar surface area (TPSA) is 184 Å². The summed E-state index contributed by atoms with van der Waals surface area (Å²) in [6.45, 7) is 0.404. The van der Waals surface area contributed by atoms with Gasteiger partial charge in [-0.25, -0.2) is 13.9 Å². The Kier molecular flexibility index (Phi) is 7.65. The lowest BCUT2D eigenvalue weighted by Gasteiger charge is -2.14. The van der Waals surface area contributed by atoms with Gasteiger partial charge in [0.15, 0.2) is 0 Å². The van der Waals surface area contributed by atoms with Crippen LogP contribution in [0, 0.1) is 5.82 Å². The van der Waals surface area contributed by atoms with Crippen LogP contribution < -0.4 is 16.1 Å². The number of hydrogen-bond acceptors (Lipinski definition) is 11. The first-order chi connectivity index (χ1) is 19.3. The first kappa shape index (κ1) is 26.7. The summed E-state index contributed by atoms with van der Waals surface area (Å²) in [5.74, 6) is -2.60. The number of rotatable bonds is 10. The summed E-state index contributed by atoms with van der Waals surface area (Å²) in [4.78, 5) is 45.9. The van der Waals surface area contributed by atoms with Gasteiger partial charge in [-0.1, -0.05) is 11.3 Å². The highest BCUT2D eigenvalue weighted by Gasteiger charge is 2.33. The number of anilines is 1. The molecule has 14 nitrogen and oxygen atoms in total. The number of halogens is 1.